The SMILES string of the molecule is COc1ccc(S(=O)(=O)N2CCC(NC(=O)c3cc4c(F)cccc4s3)CC2)cc1. The summed E-state index contributed by atoms with van der Waals surface area (Å²) in [5.41, 5.74) is 0. The zero-order valence-electron chi connectivity index (χ0n) is 16.3. The lowest BCUT2D eigenvalue weighted by Crippen LogP contribution is -2.46. The first-order chi connectivity index (χ1) is 14.4. The summed E-state index contributed by atoms with van der Waals surface area (Å²) in [5.74, 6) is -0.0107. The first kappa shape index (κ1) is 20.8. The number of carbonyl (C=O) groups is 1. The van der Waals surface area contributed by atoms with Crippen LogP contribution < -0.4 is 10.1 Å². The predicted octanol–water partition coefficient (Wildman–Crippen LogP) is 3.63. The molecule has 0 spiro atoms. The molecule has 1 N–H and O–H groups in total. The molecule has 30 heavy (non-hydrogen) atoms. The van der Waals surface area contributed by atoms with E-state index in [1.807, 2.05) is 0 Å². The number of nitrogens with one attached hydrogen (secondary N) is 1. The van der Waals surface area contributed by atoms with E-state index in [1.54, 1.807) is 30.3 Å². The van der Waals surface area contributed by atoms with Gasteiger partial charge < -0.3 is 10.1 Å². The molecule has 1 amide bonds. The minimum Gasteiger partial charge on any atom is -0.497 e. The molecule has 0 bridgehead atoms. The smallest absolute Gasteiger partial charge is 0.261 e. The zero-order valence-corrected chi connectivity index (χ0v) is 17.9. The number of rotatable bonds is 5. The summed E-state index contributed by atoms with van der Waals surface area (Å²) in [6, 6.07) is 12.5. The van der Waals surface area contributed by atoms with E-state index in [9.17, 15) is 17.6 Å². The summed E-state index contributed by atoms with van der Waals surface area (Å²) in [6.07, 6.45) is 1.03. The van der Waals surface area contributed by atoms with E-state index >= 15 is 0 Å². The van der Waals surface area contributed by atoms with Crippen LogP contribution in [-0.4, -0.2) is 44.9 Å². The summed E-state index contributed by atoms with van der Waals surface area (Å²) in [6.45, 7) is 0.640. The van der Waals surface area contributed by atoms with Gasteiger partial charge in [0, 0.05) is 29.2 Å². The monoisotopic (exact) mass is 448 g/mol. The molecule has 0 saturated carbocycles. The minimum absolute atomic E-state index is 0.130. The van der Waals surface area contributed by atoms with Gasteiger partial charge in [0.2, 0.25) is 10.0 Å². The van der Waals surface area contributed by atoms with Crippen LogP contribution in [0.3, 0.4) is 0 Å². The van der Waals surface area contributed by atoms with Gasteiger partial charge in [-0.2, -0.15) is 4.31 Å². The Kier molecular flexibility index (Phi) is 5.77. The van der Waals surface area contributed by atoms with E-state index < -0.39 is 10.0 Å². The number of fused-ring (bicyclic) bond motifs is 1. The Morgan fingerprint density at radius 2 is 1.87 bits per heavy atom. The lowest BCUT2D eigenvalue weighted by molar-refractivity contribution is 0.0928. The van der Waals surface area contributed by atoms with Crippen molar-refractivity contribution in [2.24, 2.45) is 0 Å². The van der Waals surface area contributed by atoms with Gasteiger partial charge in [0.1, 0.15) is 11.6 Å². The maximum atomic E-state index is 13.9. The first-order valence-corrected chi connectivity index (χ1v) is 11.8. The molecule has 1 aliphatic heterocycles. The van der Waals surface area contributed by atoms with E-state index in [2.05, 4.69) is 5.32 Å². The second-order valence-electron chi connectivity index (χ2n) is 7.09. The second-order valence-corrected chi connectivity index (χ2v) is 10.1. The minimum atomic E-state index is -3.59. The van der Waals surface area contributed by atoms with Crippen LogP contribution in [0.5, 0.6) is 5.75 Å². The third kappa shape index (κ3) is 4.05. The number of hydrogen-bond acceptors (Lipinski definition) is 5. The van der Waals surface area contributed by atoms with Crippen molar-refractivity contribution >= 4 is 37.4 Å². The van der Waals surface area contributed by atoms with Crippen LogP contribution in [-0.2, 0) is 10.0 Å². The number of hydrogen-bond donors (Lipinski definition) is 1. The average molecular weight is 449 g/mol. The van der Waals surface area contributed by atoms with Crippen molar-refractivity contribution in [3.8, 4) is 5.75 Å². The highest BCUT2D eigenvalue weighted by Gasteiger charge is 2.30. The molecule has 0 unspecified atom stereocenters. The van der Waals surface area contributed by atoms with Gasteiger partial charge in [0.05, 0.1) is 16.9 Å². The molecule has 2 heterocycles. The Morgan fingerprint density at radius 3 is 2.50 bits per heavy atom. The molecule has 3 aromatic rings. The summed E-state index contributed by atoms with van der Waals surface area (Å²) in [7, 11) is -2.06. The van der Waals surface area contributed by atoms with Gasteiger partial charge in [0.15, 0.2) is 0 Å². The second kappa shape index (κ2) is 8.33. The molecule has 0 atom stereocenters. The summed E-state index contributed by atoms with van der Waals surface area (Å²) >= 11 is 1.24. The molecule has 6 nitrogen and oxygen atoms in total. The first-order valence-electron chi connectivity index (χ1n) is 9.51. The quantitative estimate of drug-likeness (QED) is 0.647. The number of methoxy groups -OCH3 is 1. The van der Waals surface area contributed by atoms with Gasteiger partial charge in [-0.15, -0.1) is 11.3 Å². The normalized spacial score (nSPS) is 15.9. The third-order valence-electron chi connectivity index (χ3n) is 5.22. The van der Waals surface area contributed by atoms with Crippen LogP contribution in [0.1, 0.15) is 22.5 Å². The van der Waals surface area contributed by atoms with E-state index in [1.165, 1.54) is 41.0 Å². The summed E-state index contributed by atoms with van der Waals surface area (Å²) < 4.78 is 46.8. The van der Waals surface area contributed by atoms with Gasteiger partial charge in [-0.25, -0.2) is 12.8 Å². The maximum Gasteiger partial charge on any atom is 0.261 e. The molecule has 0 aliphatic carbocycles. The number of piperidine rings is 1. The average Bonchev–Trinajstić information content (AvgIpc) is 3.20. The van der Waals surface area contributed by atoms with E-state index in [-0.39, 0.29) is 22.7 Å². The van der Waals surface area contributed by atoms with E-state index in [4.69, 9.17) is 4.74 Å². The fourth-order valence-corrected chi connectivity index (χ4v) is 5.98. The Labute approximate surface area is 178 Å². The topological polar surface area (TPSA) is 75.7 Å². The van der Waals surface area contributed by atoms with Crippen LogP contribution in [0.4, 0.5) is 4.39 Å². The number of carbonyl (C=O) groups excluding carboxylic acids is 1. The molecule has 158 valence electrons. The van der Waals surface area contributed by atoms with E-state index in [0.29, 0.717) is 41.9 Å². The standard InChI is InChI=1S/C21H21FN2O4S2/c1-28-15-5-7-16(8-6-15)30(26,27)24-11-9-14(10-12-24)23-21(25)20-13-17-18(22)3-2-4-19(17)29-20/h2-8,13-14H,9-12H2,1H3,(H,23,25). The number of thiophene rings is 1. The Bertz CT molecular complexity index is 1170. The number of nitrogens with zero attached hydrogens (tertiary/aromatic N) is 1. The Balaban J connectivity index is 1.39. The highest BCUT2D eigenvalue weighted by Crippen LogP contribution is 2.28. The lowest BCUT2D eigenvalue weighted by Gasteiger charge is -2.31. The number of benzene rings is 2. The zero-order chi connectivity index (χ0) is 21.3. The molecule has 4 rings (SSSR count). The molecular weight excluding hydrogens is 427 g/mol. The Morgan fingerprint density at radius 1 is 1.17 bits per heavy atom. The van der Waals surface area contributed by atoms with Crippen molar-refractivity contribution in [2.75, 3.05) is 20.2 Å². The van der Waals surface area contributed by atoms with E-state index in [0.717, 1.165) is 4.70 Å². The number of ether oxygens (including phenoxy) is 1. The van der Waals surface area contributed by atoms with Crippen LogP contribution in [0.25, 0.3) is 10.1 Å². The lowest BCUT2D eigenvalue weighted by atomic mass is 10.1. The predicted molar refractivity (Wildman–Crippen MR) is 114 cm³/mol. The Hall–Kier alpha value is -2.49. The van der Waals surface area contributed by atoms with Crippen molar-refractivity contribution in [2.45, 2.75) is 23.8 Å². The van der Waals surface area contributed by atoms with Crippen molar-refractivity contribution in [1.82, 2.24) is 9.62 Å². The molecule has 0 radical (unpaired) electrons. The number of halogens is 1. The van der Waals surface area contributed by atoms with Gasteiger partial charge in [-0.1, -0.05) is 6.07 Å². The maximum absolute atomic E-state index is 13.9. The van der Waals surface area contributed by atoms with Crippen LogP contribution in [0.15, 0.2) is 53.4 Å². The number of amides is 1. The molecular formula is C21H21FN2O4S2. The molecule has 1 aromatic heterocycles. The largest absolute Gasteiger partial charge is 0.497 e. The van der Waals surface area contributed by atoms with Gasteiger partial charge in [0.25, 0.3) is 5.91 Å². The van der Waals surface area contributed by atoms with Gasteiger partial charge in [-0.3, -0.25) is 4.79 Å². The van der Waals surface area contributed by atoms with Crippen LogP contribution in [0, 0.1) is 5.82 Å². The molecule has 2 aromatic carbocycles. The summed E-state index contributed by atoms with van der Waals surface area (Å²) in [5, 5.41) is 3.39. The van der Waals surface area contributed by atoms with Gasteiger partial charge in [-0.05, 0) is 55.3 Å². The van der Waals surface area contributed by atoms with Crippen molar-refractivity contribution in [1.29, 1.82) is 0 Å². The molecule has 1 saturated heterocycles. The van der Waals surface area contributed by atoms with Crippen molar-refractivity contribution in [3.63, 3.8) is 0 Å². The van der Waals surface area contributed by atoms with Crippen molar-refractivity contribution < 1.29 is 22.3 Å². The third-order valence-corrected chi connectivity index (χ3v) is 8.23. The highest BCUT2D eigenvalue weighted by molar-refractivity contribution is 7.89. The van der Waals surface area contributed by atoms with Crippen molar-refractivity contribution in [3.05, 3.63) is 59.2 Å². The highest BCUT2D eigenvalue weighted by atomic mass is 32.2. The molecule has 1 aliphatic rings. The fraction of sp³-hybridized carbons (Fsp3) is 0.286. The van der Waals surface area contributed by atoms with Crippen LogP contribution >= 0.6 is 11.3 Å². The van der Waals surface area contributed by atoms with Gasteiger partial charge >= 0.3 is 0 Å². The molecule has 1 fully saturated rings. The fourth-order valence-electron chi connectivity index (χ4n) is 3.53. The van der Waals surface area contributed by atoms with Crippen LogP contribution in [0.2, 0.25) is 0 Å². The molecule has 9 heteroatoms. The summed E-state index contributed by atoms with van der Waals surface area (Å²) in [4.78, 5) is 13.3. The number of sulfonamides is 1.